The van der Waals surface area contributed by atoms with Gasteiger partial charge in [0.05, 0.1) is 17.8 Å². The smallest absolute Gasteiger partial charge is 0.309 e. The highest BCUT2D eigenvalue weighted by atomic mass is 16.4. The first-order chi connectivity index (χ1) is 11.5. The van der Waals surface area contributed by atoms with Crippen LogP contribution in [0.5, 0.6) is 0 Å². The molecule has 2 aromatic heterocycles. The first kappa shape index (κ1) is 15.3. The third-order valence-corrected chi connectivity index (χ3v) is 3.30. The normalized spacial score (nSPS) is 11.2. The summed E-state index contributed by atoms with van der Waals surface area (Å²) in [5.74, 6) is -1.17. The molecule has 8 nitrogen and oxygen atoms in total. The summed E-state index contributed by atoms with van der Waals surface area (Å²) >= 11 is 0. The van der Waals surface area contributed by atoms with Crippen LogP contribution in [-0.2, 0) is 11.2 Å². The number of carboxylic acids is 1. The lowest BCUT2D eigenvalue weighted by Crippen LogP contribution is -2.10. The third kappa shape index (κ3) is 3.12. The summed E-state index contributed by atoms with van der Waals surface area (Å²) in [7, 11) is 0. The molecule has 0 aliphatic heterocycles. The minimum atomic E-state index is -0.999. The average molecular weight is 323 g/mol. The molecule has 24 heavy (non-hydrogen) atoms. The maximum Gasteiger partial charge on any atom is 0.309 e. The van der Waals surface area contributed by atoms with Gasteiger partial charge in [-0.3, -0.25) is 14.0 Å². The van der Waals surface area contributed by atoms with Gasteiger partial charge < -0.3 is 10.8 Å². The van der Waals surface area contributed by atoms with Crippen LogP contribution in [0.15, 0.2) is 58.9 Å². The zero-order valence-corrected chi connectivity index (χ0v) is 12.5. The molecule has 3 rings (SSSR count). The van der Waals surface area contributed by atoms with E-state index in [1.54, 1.807) is 53.1 Å². The Bertz CT molecular complexity index is 944. The molecule has 1 amide bonds. The monoisotopic (exact) mass is 323 g/mol. The number of benzene rings is 1. The van der Waals surface area contributed by atoms with Crippen molar-refractivity contribution >= 4 is 29.0 Å². The number of fused-ring (bicyclic) bond motifs is 1. The summed E-state index contributed by atoms with van der Waals surface area (Å²) in [4.78, 5) is 26.3. The Morgan fingerprint density at radius 2 is 1.88 bits per heavy atom. The predicted molar refractivity (Wildman–Crippen MR) is 85.7 cm³/mol. The molecule has 120 valence electrons. The largest absolute Gasteiger partial charge is 0.481 e. The number of carboxylic acid groups (broad SMARTS) is 1. The van der Waals surface area contributed by atoms with Crippen LogP contribution in [0.2, 0.25) is 0 Å². The molecule has 2 heterocycles. The molecule has 0 saturated carbocycles. The Hall–Kier alpha value is -3.55. The molecule has 0 atom stereocenters. The van der Waals surface area contributed by atoms with Crippen molar-refractivity contribution in [3.63, 3.8) is 0 Å². The Balaban J connectivity index is 1.98. The number of primary amides is 1. The maximum atomic E-state index is 11.1. The Morgan fingerprint density at radius 3 is 2.54 bits per heavy atom. The molecule has 8 heteroatoms. The quantitative estimate of drug-likeness (QED) is 0.700. The number of aromatic nitrogens is 2. The minimum absolute atomic E-state index is 0.253. The second-order valence-electron chi connectivity index (χ2n) is 4.99. The van der Waals surface area contributed by atoms with Gasteiger partial charge in [-0.05, 0) is 36.4 Å². The topological polar surface area (TPSA) is 122 Å². The van der Waals surface area contributed by atoms with Gasteiger partial charge in [-0.2, -0.15) is 0 Å². The molecule has 0 aliphatic rings. The fraction of sp³-hybridized carbons (Fsp3) is 0.0625. The van der Waals surface area contributed by atoms with E-state index >= 15 is 0 Å². The highest BCUT2D eigenvalue weighted by Crippen LogP contribution is 2.24. The van der Waals surface area contributed by atoms with Gasteiger partial charge in [0.2, 0.25) is 5.91 Å². The molecule has 0 saturated heterocycles. The van der Waals surface area contributed by atoms with Gasteiger partial charge >= 0.3 is 5.97 Å². The molecule has 0 radical (unpaired) electrons. The fourth-order valence-corrected chi connectivity index (χ4v) is 2.20. The van der Waals surface area contributed by atoms with E-state index in [4.69, 9.17) is 10.8 Å². The molecule has 0 aliphatic carbocycles. The van der Waals surface area contributed by atoms with Gasteiger partial charge in [0.1, 0.15) is 5.65 Å². The van der Waals surface area contributed by atoms with Gasteiger partial charge in [0.25, 0.3) is 0 Å². The Morgan fingerprint density at radius 1 is 1.12 bits per heavy atom. The van der Waals surface area contributed by atoms with Crippen LogP contribution < -0.4 is 5.73 Å². The zero-order valence-electron chi connectivity index (χ0n) is 12.5. The van der Waals surface area contributed by atoms with Crippen LogP contribution in [0, 0.1) is 0 Å². The summed E-state index contributed by atoms with van der Waals surface area (Å²) in [6.07, 6.45) is 1.48. The molecule has 0 fully saturated rings. The molecule has 3 aromatic rings. The SMILES string of the molecule is NC(=O)c1ccc(N=Nc2c(CC(=O)O)nc3ccccn23)cc1. The Kier molecular flexibility index (Phi) is 4.02. The van der Waals surface area contributed by atoms with Crippen LogP contribution in [-0.4, -0.2) is 26.4 Å². The van der Waals surface area contributed by atoms with Crippen molar-refractivity contribution in [3.05, 3.63) is 59.9 Å². The number of rotatable bonds is 5. The highest BCUT2D eigenvalue weighted by Gasteiger charge is 2.14. The van der Waals surface area contributed by atoms with Crippen LogP contribution in [0.3, 0.4) is 0 Å². The second kappa shape index (κ2) is 6.29. The lowest BCUT2D eigenvalue weighted by atomic mass is 10.2. The highest BCUT2D eigenvalue weighted by molar-refractivity contribution is 5.93. The second-order valence-corrected chi connectivity index (χ2v) is 4.99. The summed E-state index contributed by atoms with van der Waals surface area (Å²) < 4.78 is 1.67. The van der Waals surface area contributed by atoms with Crippen molar-refractivity contribution in [2.75, 3.05) is 0 Å². The summed E-state index contributed by atoms with van der Waals surface area (Å²) in [6.45, 7) is 0. The average Bonchev–Trinajstić information content (AvgIpc) is 2.89. The first-order valence-corrected chi connectivity index (χ1v) is 7.04. The summed E-state index contributed by atoms with van der Waals surface area (Å²) in [5, 5.41) is 17.2. The molecule has 3 N–H and O–H groups in total. The number of aliphatic carboxylic acids is 1. The van der Waals surface area contributed by atoms with Crippen LogP contribution in [0.1, 0.15) is 16.1 Å². The van der Waals surface area contributed by atoms with Crippen molar-refractivity contribution in [3.8, 4) is 0 Å². The van der Waals surface area contributed by atoms with E-state index in [2.05, 4.69) is 15.2 Å². The van der Waals surface area contributed by atoms with Crippen molar-refractivity contribution in [2.24, 2.45) is 16.0 Å². The molecule has 1 aromatic carbocycles. The van der Waals surface area contributed by atoms with Crippen molar-refractivity contribution in [2.45, 2.75) is 6.42 Å². The lowest BCUT2D eigenvalue weighted by molar-refractivity contribution is -0.136. The van der Waals surface area contributed by atoms with E-state index in [1.165, 1.54) is 0 Å². The number of carbonyl (C=O) groups is 2. The van der Waals surface area contributed by atoms with Crippen molar-refractivity contribution in [1.82, 2.24) is 9.38 Å². The Labute approximate surface area is 136 Å². The number of pyridine rings is 1. The number of azo groups is 1. The van der Waals surface area contributed by atoms with E-state index in [0.29, 0.717) is 28.4 Å². The zero-order chi connectivity index (χ0) is 17.1. The molecule has 0 spiro atoms. The van der Waals surface area contributed by atoms with E-state index in [1.807, 2.05) is 0 Å². The van der Waals surface area contributed by atoms with Crippen LogP contribution >= 0.6 is 0 Å². The number of amides is 1. The third-order valence-electron chi connectivity index (χ3n) is 3.30. The van der Waals surface area contributed by atoms with Gasteiger partial charge in [-0.1, -0.05) is 6.07 Å². The minimum Gasteiger partial charge on any atom is -0.481 e. The maximum absolute atomic E-state index is 11.1. The van der Waals surface area contributed by atoms with E-state index in [9.17, 15) is 9.59 Å². The number of hydrogen-bond donors (Lipinski definition) is 2. The van der Waals surface area contributed by atoms with Crippen LogP contribution in [0.25, 0.3) is 5.65 Å². The van der Waals surface area contributed by atoms with E-state index in [-0.39, 0.29) is 6.42 Å². The number of imidazole rings is 1. The summed E-state index contributed by atoms with van der Waals surface area (Å²) in [5.41, 5.74) is 6.98. The molecule has 0 bridgehead atoms. The van der Waals surface area contributed by atoms with Crippen molar-refractivity contribution in [1.29, 1.82) is 0 Å². The number of hydrogen-bond acceptors (Lipinski definition) is 5. The standard InChI is InChI=1S/C16H13N5O3/c17-15(24)10-4-6-11(7-5-10)19-20-16-12(9-14(22)23)18-13-3-1-2-8-21(13)16/h1-8H,9H2,(H2,17,24)(H,22,23). The van der Waals surface area contributed by atoms with Crippen LogP contribution in [0.4, 0.5) is 11.5 Å². The van der Waals surface area contributed by atoms with Gasteiger partial charge in [-0.25, -0.2) is 4.98 Å². The lowest BCUT2D eigenvalue weighted by Gasteiger charge is -1.98. The number of carbonyl (C=O) groups excluding carboxylic acids is 1. The molecular weight excluding hydrogens is 310 g/mol. The number of nitrogens with two attached hydrogens (primary N) is 1. The van der Waals surface area contributed by atoms with Gasteiger partial charge in [0, 0.05) is 11.8 Å². The molecular formula is C16H13N5O3. The van der Waals surface area contributed by atoms with E-state index < -0.39 is 11.9 Å². The number of nitrogens with zero attached hydrogens (tertiary/aromatic N) is 4. The first-order valence-electron chi connectivity index (χ1n) is 7.04. The van der Waals surface area contributed by atoms with Crippen molar-refractivity contribution < 1.29 is 14.7 Å². The summed E-state index contributed by atoms with van der Waals surface area (Å²) in [6, 6.07) is 11.6. The predicted octanol–water partition coefficient (Wildman–Crippen LogP) is 2.48. The van der Waals surface area contributed by atoms with Gasteiger partial charge in [-0.15, -0.1) is 10.2 Å². The van der Waals surface area contributed by atoms with Gasteiger partial charge in [0.15, 0.2) is 5.82 Å². The molecule has 0 unspecified atom stereocenters. The van der Waals surface area contributed by atoms with E-state index in [0.717, 1.165) is 0 Å². The fourth-order valence-electron chi connectivity index (χ4n) is 2.20.